The zero-order chi connectivity index (χ0) is 18.2. The van der Waals surface area contributed by atoms with Gasteiger partial charge in [-0.3, -0.25) is 5.32 Å². The van der Waals surface area contributed by atoms with E-state index in [1.54, 1.807) is 0 Å². The molecule has 158 valence electrons. The Morgan fingerprint density at radius 1 is 0.769 bits per heavy atom. The average molecular weight is 389 g/mol. The summed E-state index contributed by atoms with van der Waals surface area (Å²) in [5, 5.41) is 3.66. The molecule has 26 heavy (non-hydrogen) atoms. The number of rotatable bonds is 10. The van der Waals surface area contributed by atoms with Gasteiger partial charge in [0.1, 0.15) is 0 Å². The Hall–Kier alpha value is 0.210. The minimum Gasteiger partial charge on any atom is -1.00 e. The summed E-state index contributed by atoms with van der Waals surface area (Å²) in [5.74, 6) is 0. The zero-order valence-electron chi connectivity index (χ0n) is 18.1. The van der Waals surface area contributed by atoms with E-state index in [0.717, 1.165) is 6.73 Å². The van der Waals surface area contributed by atoms with Gasteiger partial charge in [-0.25, -0.2) is 0 Å². The van der Waals surface area contributed by atoms with E-state index in [0.29, 0.717) is 6.10 Å². The highest BCUT2D eigenvalue weighted by Crippen LogP contribution is 2.19. The van der Waals surface area contributed by atoms with Crippen LogP contribution < -0.4 is 17.7 Å². The molecule has 0 amide bonds. The van der Waals surface area contributed by atoms with Crippen molar-refractivity contribution in [1.82, 2.24) is 5.32 Å². The molecule has 0 heterocycles. The third-order valence-corrected chi connectivity index (χ3v) is 5.83. The molecule has 0 aromatic heterocycles. The van der Waals surface area contributed by atoms with Gasteiger partial charge < -0.3 is 17.1 Å². The monoisotopic (exact) mass is 388 g/mol. The quantitative estimate of drug-likeness (QED) is 0.443. The Kier molecular flexibility index (Phi) is 17.5. The molecule has 0 aliphatic heterocycles. The Morgan fingerprint density at radius 3 is 1.81 bits per heavy atom. The van der Waals surface area contributed by atoms with Gasteiger partial charge >= 0.3 is 0 Å². The van der Waals surface area contributed by atoms with Gasteiger partial charge in [-0.1, -0.05) is 96.8 Å². The first-order chi connectivity index (χ1) is 12.1. The summed E-state index contributed by atoms with van der Waals surface area (Å²) in [6.45, 7) is 7.67. The lowest BCUT2D eigenvalue weighted by Crippen LogP contribution is -3.00. The lowest BCUT2D eigenvalue weighted by molar-refractivity contribution is -0.0000224. The molecule has 0 aromatic rings. The second kappa shape index (κ2) is 17.3. The fourth-order valence-corrected chi connectivity index (χ4v) is 3.91. The van der Waals surface area contributed by atoms with Crippen LogP contribution in [-0.4, -0.2) is 18.4 Å². The second-order valence-corrected chi connectivity index (χ2v) is 8.92. The summed E-state index contributed by atoms with van der Waals surface area (Å²) in [4.78, 5) is 0. The van der Waals surface area contributed by atoms with Crippen molar-refractivity contribution >= 4 is 0 Å². The maximum absolute atomic E-state index is 6.26. The van der Waals surface area contributed by atoms with Crippen LogP contribution in [-0.2, 0) is 4.74 Å². The molecular formula is C23H47ClNO-. The van der Waals surface area contributed by atoms with Crippen LogP contribution in [0.15, 0.2) is 0 Å². The molecule has 1 aliphatic carbocycles. The van der Waals surface area contributed by atoms with E-state index >= 15 is 0 Å². The highest BCUT2D eigenvalue weighted by atomic mass is 35.5. The van der Waals surface area contributed by atoms with E-state index in [2.05, 4.69) is 26.1 Å². The molecule has 2 nitrogen and oxygen atoms in total. The van der Waals surface area contributed by atoms with E-state index in [-0.39, 0.29) is 17.9 Å². The van der Waals surface area contributed by atoms with E-state index in [9.17, 15) is 0 Å². The van der Waals surface area contributed by atoms with Gasteiger partial charge in [-0.15, -0.1) is 0 Å². The van der Waals surface area contributed by atoms with Crippen molar-refractivity contribution in [3.8, 4) is 0 Å². The lowest BCUT2D eigenvalue weighted by Gasteiger charge is -2.28. The fraction of sp³-hybridized carbons (Fsp3) is 1.00. The molecule has 1 N–H and O–H groups in total. The second-order valence-electron chi connectivity index (χ2n) is 8.92. The molecule has 1 saturated carbocycles. The summed E-state index contributed by atoms with van der Waals surface area (Å²) in [5.41, 5.74) is 0.206. The van der Waals surface area contributed by atoms with Gasteiger partial charge in [0.25, 0.3) is 0 Å². The van der Waals surface area contributed by atoms with E-state index in [4.69, 9.17) is 4.74 Å². The topological polar surface area (TPSA) is 21.3 Å². The van der Waals surface area contributed by atoms with Crippen molar-refractivity contribution in [3.63, 3.8) is 0 Å². The Labute approximate surface area is 171 Å². The number of hydrogen-bond donors (Lipinski definition) is 1. The summed E-state index contributed by atoms with van der Waals surface area (Å²) >= 11 is 0. The van der Waals surface area contributed by atoms with Crippen molar-refractivity contribution in [3.05, 3.63) is 0 Å². The van der Waals surface area contributed by atoms with Crippen molar-refractivity contribution < 1.29 is 17.1 Å². The molecule has 0 bridgehead atoms. The largest absolute Gasteiger partial charge is 1.00 e. The van der Waals surface area contributed by atoms with Gasteiger partial charge in [0.2, 0.25) is 0 Å². The summed E-state index contributed by atoms with van der Waals surface area (Å²) in [6, 6.07) is 0. The van der Waals surface area contributed by atoms with Gasteiger partial charge in [0.15, 0.2) is 0 Å². The number of hydrogen-bond acceptors (Lipinski definition) is 2. The van der Waals surface area contributed by atoms with Crippen LogP contribution in [0.2, 0.25) is 0 Å². The molecule has 1 aliphatic rings. The van der Waals surface area contributed by atoms with Crippen LogP contribution >= 0.6 is 0 Å². The van der Waals surface area contributed by atoms with Crippen LogP contribution in [0.1, 0.15) is 130 Å². The normalized spacial score (nSPS) is 18.6. The van der Waals surface area contributed by atoms with Crippen LogP contribution in [0.4, 0.5) is 0 Å². The molecule has 0 aromatic carbocycles. The predicted molar refractivity (Wildman–Crippen MR) is 111 cm³/mol. The minimum absolute atomic E-state index is 0. The molecule has 0 atom stereocenters. The Balaban J connectivity index is 0.00000625. The first-order valence-corrected chi connectivity index (χ1v) is 11.5. The Bertz CT molecular complexity index is 284. The lowest BCUT2D eigenvalue weighted by atomic mass is 9.96. The highest BCUT2D eigenvalue weighted by molar-refractivity contribution is 4.76. The number of halogens is 1. The first kappa shape index (κ1) is 26.2. The molecule has 3 heteroatoms. The van der Waals surface area contributed by atoms with Crippen LogP contribution in [0, 0.1) is 0 Å². The molecule has 0 unspecified atom stereocenters. The van der Waals surface area contributed by atoms with Gasteiger partial charge in [0.05, 0.1) is 12.8 Å². The maximum Gasteiger partial charge on any atom is 0.0973 e. The Morgan fingerprint density at radius 2 is 1.27 bits per heavy atom. The molecule has 0 saturated heterocycles. The smallest absolute Gasteiger partial charge is 0.0973 e. The maximum atomic E-state index is 6.26. The molecule has 0 radical (unpaired) electrons. The van der Waals surface area contributed by atoms with Crippen LogP contribution in [0.3, 0.4) is 0 Å². The molecular weight excluding hydrogens is 342 g/mol. The summed E-state index contributed by atoms with van der Waals surface area (Å²) in [6.07, 6.45) is 23.8. The van der Waals surface area contributed by atoms with Gasteiger partial charge in [0, 0.05) is 5.54 Å². The fourth-order valence-electron chi connectivity index (χ4n) is 3.91. The van der Waals surface area contributed by atoms with E-state index in [1.807, 2.05) is 0 Å². The van der Waals surface area contributed by atoms with Crippen LogP contribution in [0.25, 0.3) is 0 Å². The average Bonchev–Trinajstić information content (AvgIpc) is 2.56. The van der Waals surface area contributed by atoms with Crippen molar-refractivity contribution in [1.29, 1.82) is 0 Å². The number of ether oxygens (including phenoxy) is 1. The summed E-state index contributed by atoms with van der Waals surface area (Å²) in [7, 11) is 0. The SMILES string of the molecule is CCCCCCCC(C)(C)NCOC1CCCCCCCCCCC1.[Cl-]. The van der Waals surface area contributed by atoms with E-state index < -0.39 is 0 Å². The number of nitrogens with one attached hydrogen (secondary N) is 1. The summed E-state index contributed by atoms with van der Waals surface area (Å²) < 4.78 is 6.26. The first-order valence-electron chi connectivity index (χ1n) is 11.5. The number of unbranched alkanes of at least 4 members (excludes halogenated alkanes) is 4. The van der Waals surface area contributed by atoms with Crippen molar-refractivity contribution in [2.75, 3.05) is 6.73 Å². The van der Waals surface area contributed by atoms with Crippen molar-refractivity contribution in [2.45, 2.75) is 142 Å². The van der Waals surface area contributed by atoms with Crippen molar-refractivity contribution in [2.24, 2.45) is 0 Å². The minimum atomic E-state index is 0. The predicted octanol–water partition coefficient (Wildman–Crippen LogP) is 4.37. The highest BCUT2D eigenvalue weighted by Gasteiger charge is 2.17. The van der Waals surface area contributed by atoms with Gasteiger partial charge in [-0.05, 0) is 33.1 Å². The van der Waals surface area contributed by atoms with E-state index in [1.165, 1.54) is 109 Å². The zero-order valence-corrected chi connectivity index (χ0v) is 18.8. The molecule has 1 rings (SSSR count). The van der Waals surface area contributed by atoms with Crippen LogP contribution in [0.5, 0.6) is 0 Å². The molecule has 1 fully saturated rings. The third kappa shape index (κ3) is 15.3. The third-order valence-electron chi connectivity index (χ3n) is 5.83. The standard InChI is InChI=1S/C23H47NO.ClH/c1-4-5-6-14-17-20-23(2,3)24-21-25-22-18-15-12-10-8-7-9-11-13-16-19-22;/h22,24H,4-21H2,1-3H3;1H/p-1. The van der Waals surface area contributed by atoms with Gasteiger partial charge in [-0.2, -0.15) is 0 Å². The molecule has 0 spiro atoms.